The summed E-state index contributed by atoms with van der Waals surface area (Å²) in [6.07, 6.45) is 2.29. The van der Waals surface area contributed by atoms with E-state index >= 15 is 0 Å². The largest absolute Gasteiger partial charge is 0.320 e. The second-order valence-corrected chi connectivity index (χ2v) is 6.23. The van der Waals surface area contributed by atoms with Crippen LogP contribution in [-0.4, -0.2) is 18.6 Å². The third kappa shape index (κ3) is 3.92. The minimum absolute atomic E-state index is 0.347. The Morgan fingerprint density at radius 1 is 1.33 bits per heavy atom. The maximum atomic E-state index is 4.60. The molecule has 0 aliphatic rings. The Labute approximate surface area is 97.1 Å². The van der Waals surface area contributed by atoms with Crippen LogP contribution in [0, 0.1) is 19.3 Å². The monoisotopic (exact) mass is 226 g/mol. The van der Waals surface area contributed by atoms with Gasteiger partial charge in [0.15, 0.2) is 0 Å². The number of nitrogens with zero attached hydrogens (tertiary/aromatic N) is 1. The van der Waals surface area contributed by atoms with Crippen molar-refractivity contribution in [1.82, 2.24) is 10.3 Å². The molecule has 0 atom stereocenters. The number of nitrogens with one attached hydrogen (secondary N) is 1. The van der Waals surface area contributed by atoms with Crippen molar-refractivity contribution in [1.29, 1.82) is 0 Å². The predicted octanol–water partition coefficient (Wildman–Crippen LogP) is 2.94. The molecule has 0 aromatic carbocycles. The molecule has 0 aliphatic heterocycles. The van der Waals surface area contributed by atoms with Crippen LogP contribution in [0.25, 0.3) is 0 Å². The highest BCUT2D eigenvalue weighted by atomic mass is 32.1. The lowest BCUT2D eigenvalue weighted by atomic mass is 9.86. The van der Waals surface area contributed by atoms with Gasteiger partial charge in [0.2, 0.25) is 0 Å². The van der Waals surface area contributed by atoms with Crippen molar-refractivity contribution in [3.63, 3.8) is 0 Å². The van der Waals surface area contributed by atoms with Crippen molar-refractivity contribution in [3.05, 3.63) is 15.6 Å². The molecule has 15 heavy (non-hydrogen) atoms. The van der Waals surface area contributed by atoms with Gasteiger partial charge in [0.05, 0.1) is 10.7 Å². The molecule has 86 valence electrons. The molecule has 1 heterocycles. The first-order chi connectivity index (χ1) is 6.94. The van der Waals surface area contributed by atoms with Crippen LogP contribution in [0.5, 0.6) is 0 Å². The molecule has 0 aliphatic carbocycles. The van der Waals surface area contributed by atoms with Gasteiger partial charge in [-0.05, 0) is 39.3 Å². The Kier molecular flexibility index (Phi) is 4.29. The maximum Gasteiger partial charge on any atom is 0.0936 e. The van der Waals surface area contributed by atoms with Gasteiger partial charge in [-0.3, -0.25) is 0 Å². The number of aryl methyl sites for hydroxylation is 2. The summed E-state index contributed by atoms with van der Waals surface area (Å²) in [6, 6.07) is 0. The van der Waals surface area contributed by atoms with Crippen LogP contribution in [0.3, 0.4) is 0 Å². The molecule has 1 aromatic rings. The van der Waals surface area contributed by atoms with E-state index in [1.54, 1.807) is 0 Å². The number of hydrogen-bond donors (Lipinski definition) is 1. The van der Waals surface area contributed by atoms with Crippen molar-refractivity contribution >= 4 is 11.3 Å². The fourth-order valence-corrected chi connectivity index (χ4v) is 2.77. The summed E-state index contributed by atoms with van der Waals surface area (Å²) in [5.41, 5.74) is 1.54. The van der Waals surface area contributed by atoms with Gasteiger partial charge in [0.1, 0.15) is 0 Å². The number of rotatable bonds is 5. The quantitative estimate of drug-likeness (QED) is 0.835. The van der Waals surface area contributed by atoms with Gasteiger partial charge in [0, 0.05) is 11.3 Å². The van der Waals surface area contributed by atoms with Crippen LogP contribution in [0.4, 0.5) is 0 Å². The zero-order chi connectivity index (χ0) is 11.5. The van der Waals surface area contributed by atoms with E-state index in [1.807, 2.05) is 18.4 Å². The summed E-state index contributed by atoms with van der Waals surface area (Å²) < 4.78 is 0. The van der Waals surface area contributed by atoms with Crippen molar-refractivity contribution in [2.75, 3.05) is 13.6 Å². The highest BCUT2D eigenvalue weighted by molar-refractivity contribution is 7.11. The number of hydrogen-bond acceptors (Lipinski definition) is 3. The fourth-order valence-electron chi connectivity index (χ4n) is 1.58. The van der Waals surface area contributed by atoms with Gasteiger partial charge in [0.25, 0.3) is 0 Å². The maximum absolute atomic E-state index is 4.60. The zero-order valence-corrected chi connectivity index (χ0v) is 11.3. The Morgan fingerprint density at radius 2 is 2.00 bits per heavy atom. The van der Waals surface area contributed by atoms with Gasteiger partial charge in [-0.1, -0.05) is 13.8 Å². The fraction of sp³-hybridized carbons (Fsp3) is 0.750. The van der Waals surface area contributed by atoms with E-state index in [0.717, 1.165) is 13.0 Å². The van der Waals surface area contributed by atoms with E-state index in [-0.39, 0.29) is 0 Å². The molecule has 0 amide bonds. The van der Waals surface area contributed by atoms with Crippen molar-refractivity contribution in [2.45, 2.75) is 40.5 Å². The van der Waals surface area contributed by atoms with Gasteiger partial charge in [-0.25, -0.2) is 4.98 Å². The lowest BCUT2D eigenvalue weighted by Gasteiger charge is -2.23. The molecule has 0 unspecified atom stereocenters. The molecule has 0 saturated carbocycles. The molecule has 1 rings (SSSR count). The first-order valence-corrected chi connectivity index (χ1v) is 6.34. The summed E-state index contributed by atoms with van der Waals surface area (Å²) in [4.78, 5) is 5.96. The van der Waals surface area contributed by atoms with E-state index in [9.17, 15) is 0 Å². The van der Waals surface area contributed by atoms with Gasteiger partial charge < -0.3 is 5.32 Å². The molecule has 0 fully saturated rings. The van der Waals surface area contributed by atoms with E-state index < -0.39 is 0 Å². The first kappa shape index (κ1) is 12.7. The zero-order valence-electron chi connectivity index (χ0n) is 10.5. The van der Waals surface area contributed by atoms with Gasteiger partial charge in [-0.2, -0.15) is 0 Å². The number of thiazole rings is 1. The van der Waals surface area contributed by atoms with Crippen LogP contribution in [0.2, 0.25) is 0 Å². The third-order valence-corrected chi connectivity index (χ3v) is 3.83. The average Bonchev–Trinajstić information content (AvgIpc) is 2.41. The van der Waals surface area contributed by atoms with Crippen LogP contribution in [0.15, 0.2) is 0 Å². The summed E-state index contributed by atoms with van der Waals surface area (Å²) in [7, 11) is 2.01. The highest BCUT2D eigenvalue weighted by Crippen LogP contribution is 2.28. The number of aromatic nitrogens is 1. The van der Waals surface area contributed by atoms with Crippen LogP contribution in [0.1, 0.15) is 35.8 Å². The molecule has 0 radical (unpaired) electrons. The molecule has 1 aromatic heterocycles. The minimum Gasteiger partial charge on any atom is -0.320 e. The van der Waals surface area contributed by atoms with Crippen molar-refractivity contribution in [2.24, 2.45) is 5.41 Å². The predicted molar refractivity (Wildman–Crippen MR) is 67.6 cm³/mol. The normalized spacial score (nSPS) is 12.1. The molecular formula is C12H22N2S. The summed E-state index contributed by atoms with van der Waals surface area (Å²) in [5, 5.41) is 4.49. The van der Waals surface area contributed by atoms with Crippen molar-refractivity contribution < 1.29 is 0 Å². The average molecular weight is 226 g/mol. The summed E-state index contributed by atoms with van der Waals surface area (Å²) >= 11 is 1.84. The molecule has 3 heteroatoms. The standard InChI is InChI=1S/C12H22N2S/c1-9-10(2)15-11(14-9)8-12(3,4)6-7-13-5/h13H,6-8H2,1-5H3. The molecular weight excluding hydrogens is 204 g/mol. The Bertz CT molecular complexity index is 296. The summed E-state index contributed by atoms with van der Waals surface area (Å²) in [6.45, 7) is 9.95. The van der Waals surface area contributed by atoms with E-state index in [0.29, 0.717) is 5.41 Å². The first-order valence-electron chi connectivity index (χ1n) is 5.52. The van der Waals surface area contributed by atoms with Crippen LogP contribution in [-0.2, 0) is 6.42 Å². The Balaban J connectivity index is 2.60. The second-order valence-electron chi connectivity index (χ2n) is 4.94. The SMILES string of the molecule is CNCCC(C)(C)Cc1nc(C)c(C)s1. The smallest absolute Gasteiger partial charge is 0.0936 e. The summed E-state index contributed by atoms with van der Waals surface area (Å²) in [5.74, 6) is 0. The highest BCUT2D eigenvalue weighted by Gasteiger charge is 2.20. The van der Waals surface area contributed by atoms with Crippen molar-refractivity contribution in [3.8, 4) is 0 Å². The molecule has 0 spiro atoms. The Morgan fingerprint density at radius 3 is 2.47 bits per heavy atom. The van der Waals surface area contributed by atoms with Crippen LogP contribution >= 0.6 is 11.3 Å². The van der Waals surface area contributed by atoms with Gasteiger partial charge in [-0.15, -0.1) is 11.3 Å². The second kappa shape index (κ2) is 5.08. The van der Waals surface area contributed by atoms with Crippen LogP contribution < -0.4 is 5.32 Å². The topological polar surface area (TPSA) is 24.9 Å². The lowest BCUT2D eigenvalue weighted by Crippen LogP contribution is -2.21. The lowest BCUT2D eigenvalue weighted by molar-refractivity contribution is 0.329. The molecule has 0 bridgehead atoms. The van der Waals surface area contributed by atoms with E-state index in [1.165, 1.54) is 22.0 Å². The van der Waals surface area contributed by atoms with Gasteiger partial charge >= 0.3 is 0 Å². The molecule has 2 nitrogen and oxygen atoms in total. The Hall–Kier alpha value is -0.410. The van der Waals surface area contributed by atoms with E-state index in [4.69, 9.17) is 0 Å². The van der Waals surface area contributed by atoms with E-state index in [2.05, 4.69) is 38.0 Å². The molecule has 0 saturated heterocycles. The minimum atomic E-state index is 0.347. The molecule has 1 N–H and O–H groups in total. The third-order valence-electron chi connectivity index (χ3n) is 2.75.